The molecule has 0 spiro atoms. The second kappa shape index (κ2) is 8.71. The molecule has 3 aromatic rings. The van der Waals surface area contributed by atoms with Gasteiger partial charge >= 0.3 is 0 Å². The first-order valence-electron chi connectivity index (χ1n) is 8.30. The first-order chi connectivity index (χ1) is 12.8. The Labute approximate surface area is 153 Å². The topological polar surface area (TPSA) is 62.7 Å². The lowest BCUT2D eigenvalue weighted by Gasteiger charge is -2.19. The number of methoxy groups -OCH3 is 2. The summed E-state index contributed by atoms with van der Waals surface area (Å²) in [5.74, 6) is 1.69. The van der Waals surface area contributed by atoms with Gasteiger partial charge in [0.25, 0.3) is 0 Å². The molecule has 0 unspecified atom stereocenters. The van der Waals surface area contributed by atoms with E-state index in [-0.39, 0.29) is 0 Å². The number of rotatable bonds is 8. The second-order valence-electron chi connectivity index (χ2n) is 5.77. The highest BCUT2D eigenvalue weighted by Gasteiger charge is 2.06. The van der Waals surface area contributed by atoms with Crippen molar-refractivity contribution in [1.29, 1.82) is 0 Å². The van der Waals surface area contributed by atoms with E-state index in [1.807, 2.05) is 53.5 Å². The molecule has 0 saturated carbocycles. The number of ether oxygens (including phenoxy) is 2. The number of hydrogen-bond donors (Lipinski definition) is 1. The molecule has 0 atom stereocenters. The smallest absolute Gasteiger partial charge is 0.118 e. The van der Waals surface area contributed by atoms with Crippen LogP contribution in [0.15, 0.2) is 66.2 Å². The van der Waals surface area contributed by atoms with Crippen LogP contribution >= 0.6 is 0 Å². The number of nitrogens with zero attached hydrogens (tertiary/aromatic N) is 3. The van der Waals surface area contributed by atoms with Crippen LogP contribution in [0, 0.1) is 0 Å². The molecule has 0 aliphatic heterocycles. The number of nitrogens with one attached hydrogen (secondary N) is 1. The molecule has 1 N–H and O–H groups in total. The molecule has 0 bridgehead atoms. The van der Waals surface area contributed by atoms with E-state index < -0.39 is 0 Å². The minimum absolute atomic E-state index is 0.681. The molecule has 6 nitrogen and oxygen atoms in total. The predicted octanol–water partition coefficient (Wildman–Crippen LogP) is 3.46. The predicted molar refractivity (Wildman–Crippen MR) is 101 cm³/mol. The number of aromatic nitrogens is 2. The maximum absolute atomic E-state index is 5.22. The van der Waals surface area contributed by atoms with Crippen LogP contribution in [0.2, 0.25) is 0 Å². The van der Waals surface area contributed by atoms with Gasteiger partial charge in [-0.1, -0.05) is 24.3 Å². The van der Waals surface area contributed by atoms with Crippen molar-refractivity contribution >= 4 is 6.21 Å². The van der Waals surface area contributed by atoms with Gasteiger partial charge in [0.05, 0.1) is 51.7 Å². The number of benzene rings is 2. The van der Waals surface area contributed by atoms with Gasteiger partial charge in [-0.3, -0.25) is 5.01 Å². The molecular weight excluding hydrogens is 328 g/mol. The van der Waals surface area contributed by atoms with Crippen LogP contribution in [-0.2, 0) is 13.1 Å². The maximum atomic E-state index is 5.22. The Hall–Kier alpha value is -3.28. The minimum Gasteiger partial charge on any atom is -0.497 e. The zero-order valence-corrected chi connectivity index (χ0v) is 14.9. The third-order valence-corrected chi connectivity index (χ3v) is 3.93. The lowest BCUT2D eigenvalue weighted by Crippen LogP contribution is -2.17. The second-order valence-corrected chi connectivity index (χ2v) is 5.77. The summed E-state index contributed by atoms with van der Waals surface area (Å²) >= 11 is 0. The summed E-state index contributed by atoms with van der Waals surface area (Å²) in [4.78, 5) is 7.04. The van der Waals surface area contributed by atoms with Crippen LogP contribution in [0.25, 0.3) is 0 Å². The van der Waals surface area contributed by atoms with Crippen LogP contribution in [-0.4, -0.2) is 35.4 Å². The molecule has 1 heterocycles. The van der Waals surface area contributed by atoms with E-state index in [2.05, 4.69) is 15.1 Å². The number of aromatic amines is 1. The third-order valence-electron chi connectivity index (χ3n) is 3.93. The van der Waals surface area contributed by atoms with Gasteiger partial charge in [0.15, 0.2) is 0 Å². The van der Waals surface area contributed by atoms with Gasteiger partial charge in [0.1, 0.15) is 11.5 Å². The van der Waals surface area contributed by atoms with Crippen molar-refractivity contribution in [1.82, 2.24) is 15.0 Å². The Kier molecular flexibility index (Phi) is 5.88. The summed E-state index contributed by atoms with van der Waals surface area (Å²) < 4.78 is 10.4. The highest BCUT2D eigenvalue weighted by molar-refractivity contribution is 5.76. The fraction of sp³-hybridized carbons (Fsp3) is 0.200. The Morgan fingerprint density at radius 2 is 1.46 bits per heavy atom. The molecule has 0 amide bonds. The minimum atomic E-state index is 0.681. The fourth-order valence-electron chi connectivity index (χ4n) is 2.50. The highest BCUT2D eigenvalue weighted by atomic mass is 16.5. The van der Waals surface area contributed by atoms with Crippen molar-refractivity contribution in [2.45, 2.75) is 13.1 Å². The molecule has 6 heteroatoms. The molecule has 26 heavy (non-hydrogen) atoms. The van der Waals surface area contributed by atoms with E-state index in [1.165, 1.54) is 0 Å². The van der Waals surface area contributed by atoms with Gasteiger partial charge in [0.2, 0.25) is 0 Å². The van der Waals surface area contributed by atoms with E-state index in [0.717, 1.165) is 28.3 Å². The lowest BCUT2D eigenvalue weighted by molar-refractivity contribution is 0.272. The highest BCUT2D eigenvalue weighted by Crippen LogP contribution is 2.17. The van der Waals surface area contributed by atoms with E-state index >= 15 is 0 Å². The Morgan fingerprint density at radius 1 is 0.923 bits per heavy atom. The summed E-state index contributed by atoms with van der Waals surface area (Å²) in [6.45, 7) is 1.36. The van der Waals surface area contributed by atoms with E-state index in [1.54, 1.807) is 33.0 Å². The standard InChI is InChI=1S/C20H22N4O2/c1-25-19-7-3-16(4-8-19)13-24(23-12-18-11-21-15-22-18)14-17-5-9-20(26-2)10-6-17/h3-12,15H,13-14H2,1-2H3,(H,21,22). The van der Waals surface area contributed by atoms with Gasteiger partial charge in [-0.05, 0) is 35.4 Å². The van der Waals surface area contributed by atoms with Crippen molar-refractivity contribution < 1.29 is 9.47 Å². The molecule has 0 aliphatic rings. The summed E-state index contributed by atoms with van der Waals surface area (Å²) in [5.41, 5.74) is 3.17. The van der Waals surface area contributed by atoms with Crippen molar-refractivity contribution in [3.63, 3.8) is 0 Å². The maximum Gasteiger partial charge on any atom is 0.118 e. The van der Waals surface area contributed by atoms with Gasteiger partial charge < -0.3 is 14.5 Å². The number of hydrogen-bond acceptors (Lipinski definition) is 5. The first-order valence-corrected chi connectivity index (χ1v) is 8.30. The van der Waals surface area contributed by atoms with Crippen molar-refractivity contribution in [3.05, 3.63) is 77.9 Å². The fourth-order valence-corrected chi connectivity index (χ4v) is 2.50. The van der Waals surface area contributed by atoms with Crippen LogP contribution < -0.4 is 9.47 Å². The van der Waals surface area contributed by atoms with Crippen LogP contribution in [0.3, 0.4) is 0 Å². The van der Waals surface area contributed by atoms with E-state index in [9.17, 15) is 0 Å². The number of imidazole rings is 1. The molecule has 1 aromatic heterocycles. The van der Waals surface area contributed by atoms with Gasteiger partial charge in [-0.15, -0.1) is 0 Å². The SMILES string of the molecule is COc1ccc(CN(Cc2ccc(OC)cc2)N=Cc2cnc[nH]2)cc1. The Balaban J connectivity index is 1.75. The zero-order valence-electron chi connectivity index (χ0n) is 14.9. The lowest BCUT2D eigenvalue weighted by atomic mass is 10.2. The average molecular weight is 350 g/mol. The van der Waals surface area contributed by atoms with Crippen molar-refractivity contribution in [3.8, 4) is 11.5 Å². The summed E-state index contributed by atoms with van der Waals surface area (Å²) in [7, 11) is 3.33. The largest absolute Gasteiger partial charge is 0.497 e. The molecule has 0 radical (unpaired) electrons. The van der Waals surface area contributed by atoms with Crippen LogP contribution in [0.4, 0.5) is 0 Å². The summed E-state index contributed by atoms with van der Waals surface area (Å²) in [6.07, 6.45) is 5.15. The van der Waals surface area contributed by atoms with Gasteiger partial charge in [0, 0.05) is 0 Å². The van der Waals surface area contributed by atoms with Gasteiger partial charge in [-0.2, -0.15) is 5.10 Å². The Bertz CT molecular complexity index is 763. The normalized spacial score (nSPS) is 10.8. The average Bonchev–Trinajstić information content (AvgIpc) is 3.21. The molecule has 134 valence electrons. The van der Waals surface area contributed by atoms with Gasteiger partial charge in [-0.25, -0.2) is 4.98 Å². The third kappa shape index (κ3) is 4.86. The summed E-state index contributed by atoms with van der Waals surface area (Å²) in [6, 6.07) is 16.0. The van der Waals surface area contributed by atoms with E-state index in [0.29, 0.717) is 13.1 Å². The number of hydrazone groups is 1. The zero-order chi connectivity index (χ0) is 18.2. The molecule has 0 aliphatic carbocycles. The monoisotopic (exact) mass is 350 g/mol. The molecule has 3 rings (SSSR count). The molecule has 2 aromatic carbocycles. The van der Waals surface area contributed by atoms with Crippen molar-refractivity contribution in [2.24, 2.45) is 5.10 Å². The summed E-state index contributed by atoms with van der Waals surface area (Å²) in [5, 5.41) is 6.62. The first kappa shape index (κ1) is 17.5. The van der Waals surface area contributed by atoms with E-state index in [4.69, 9.17) is 9.47 Å². The molecular formula is C20H22N4O2. The van der Waals surface area contributed by atoms with Crippen LogP contribution in [0.1, 0.15) is 16.8 Å². The van der Waals surface area contributed by atoms with Crippen molar-refractivity contribution in [2.75, 3.05) is 14.2 Å². The molecule has 0 saturated heterocycles. The number of H-pyrrole nitrogens is 1. The Morgan fingerprint density at radius 3 is 1.88 bits per heavy atom. The quantitative estimate of drug-likeness (QED) is 0.499. The molecule has 0 fully saturated rings. The van der Waals surface area contributed by atoms with Crippen LogP contribution in [0.5, 0.6) is 11.5 Å².